The topological polar surface area (TPSA) is 113 Å². The summed E-state index contributed by atoms with van der Waals surface area (Å²) in [6, 6.07) is 5.66. The zero-order valence-corrected chi connectivity index (χ0v) is 20.4. The average molecular weight is 511 g/mol. The number of amides is 2. The molecule has 2 atom stereocenters. The normalized spacial score (nSPS) is 20.8. The molecule has 3 heterocycles. The van der Waals surface area contributed by atoms with Crippen molar-refractivity contribution in [3.05, 3.63) is 65.9 Å². The minimum absolute atomic E-state index is 0.00376. The van der Waals surface area contributed by atoms with Crippen LogP contribution in [-0.4, -0.2) is 57.5 Å². The molecule has 1 aliphatic carbocycles. The molecule has 2 aromatic heterocycles. The summed E-state index contributed by atoms with van der Waals surface area (Å²) in [7, 11) is 0. The monoisotopic (exact) mass is 510 g/mol. The van der Waals surface area contributed by atoms with E-state index in [2.05, 4.69) is 37.6 Å². The molecule has 3 aromatic rings. The molecule has 5 rings (SSSR count). The molecule has 2 N–H and O–H groups in total. The third-order valence-electron chi connectivity index (χ3n) is 6.94. The Bertz CT molecular complexity index is 1280. The van der Waals surface area contributed by atoms with Crippen LogP contribution < -0.4 is 10.6 Å². The van der Waals surface area contributed by atoms with Crippen LogP contribution in [0.2, 0.25) is 0 Å². The van der Waals surface area contributed by atoms with Crippen LogP contribution in [0.3, 0.4) is 0 Å². The number of rotatable bonds is 8. The second kappa shape index (κ2) is 10.3. The fraction of sp³-hybridized carbons (Fsp3) is 0.423. The number of hydrogen-bond acceptors (Lipinski definition) is 7. The van der Waals surface area contributed by atoms with Gasteiger partial charge in [0.2, 0.25) is 5.91 Å². The Labute approximate surface area is 212 Å². The van der Waals surface area contributed by atoms with Crippen LogP contribution in [0.1, 0.15) is 48.9 Å². The van der Waals surface area contributed by atoms with Gasteiger partial charge in [-0.1, -0.05) is 12.1 Å². The highest BCUT2D eigenvalue weighted by atomic mass is 19.1. The van der Waals surface area contributed by atoms with E-state index in [-0.39, 0.29) is 22.9 Å². The minimum atomic E-state index is -0.820. The van der Waals surface area contributed by atoms with Gasteiger partial charge in [0.1, 0.15) is 11.6 Å². The summed E-state index contributed by atoms with van der Waals surface area (Å²) in [5, 5.41) is 9.85. The summed E-state index contributed by atoms with van der Waals surface area (Å²) < 4.78 is 32.5. The zero-order chi connectivity index (χ0) is 26.0. The molecule has 11 heteroatoms. The Kier molecular flexibility index (Phi) is 6.96. The van der Waals surface area contributed by atoms with E-state index < -0.39 is 35.0 Å². The van der Waals surface area contributed by atoms with Crippen molar-refractivity contribution in [2.24, 2.45) is 5.92 Å². The fourth-order valence-electron chi connectivity index (χ4n) is 4.82. The van der Waals surface area contributed by atoms with Crippen molar-refractivity contribution in [2.45, 2.75) is 44.2 Å². The quantitative estimate of drug-likeness (QED) is 0.479. The highest BCUT2D eigenvalue weighted by Crippen LogP contribution is 2.44. The lowest BCUT2D eigenvalue weighted by Crippen LogP contribution is -2.57. The predicted molar refractivity (Wildman–Crippen MR) is 129 cm³/mol. The summed E-state index contributed by atoms with van der Waals surface area (Å²) in [5.41, 5.74) is -0.624. The van der Waals surface area contributed by atoms with Crippen molar-refractivity contribution in [3.8, 4) is 11.3 Å². The number of likely N-dealkylation sites (tertiary alicyclic amines) is 1. The second-order valence-electron chi connectivity index (χ2n) is 9.62. The Morgan fingerprint density at radius 3 is 2.68 bits per heavy atom. The molecule has 0 spiro atoms. The number of nitrogens with one attached hydrogen (secondary N) is 2. The molecule has 37 heavy (non-hydrogen) atoms. The third-order valence-corrected chi connectivity index (χ3v) is 6.94. The molecule has 0 bridgehead atoms. The largest absolute Gasteiger partial charge is 0.355 e. The molecule has 0 unspecified atom stereocenters. The van der Waals surface area contributed by atoms with Crippen molar-refractivity contribution in [3.63, 3.8) is 0 Å². The fourth-order valence-corrected chi connectivity index (χ4v) is 4.82. The van der Waals surface area contributed by atoms with Gasteiger partial charge in [0.15, 0.2) is 17.3 Å². The molecular weight excluding hydrogens is 482 g/mol. The number of halogens is 2. The number of hydrogen-bond donors (Lipinski definition) is 2. The second-order valence-corrected chi connectivity index (χ2v) is 9.62. The van der Waals surface area contributed by atoms with Gasteiger partial charge in [0, 0.05) is 43.7 Å². The van der Waals surface area contributed by atoms with Gasteiger partial charge in [0.25, 0.3) is 5.91 Å². The first kappa shape index (κ1) is 24.9. The number of nitrogens with zero attached hydrogens (tertiary/aromatic N) is 4. The van der Waals surface area contributed by atoms with Crippen molar-refractivity contribution in [1.29, 1.82) is 0 Å². The smallest absolute Gasteiger partial charge is 0.273 e. The van der Waals surface area contributed by atoms with Crippen molar-refractivity contribution in [2.75, 3.05) is 19.6 Å². The molecule has 1 aromatic carbocycles. The highest BCUT2D eigenvalue weighted by Gasteiger charge is 2.50. The van der Waals surface area contributed by atoms with Crippen LogP contribution in [-0.2, 0) is 10.3 Å². The first-order valence-corrected chi connectivity index (χ1v) is 12.4. The summed E-state index contributed by atoms with van der Waals surface area (Å²) >= 11 is 0. The molecule has 2 fully saturated rings. The van der Waals surface area contributed by atoms with Gasteiger partial charge in [-0.05, 0) is 50.4 Å². The lowest BCUT2D eigenvalue weighted by Gasteiger charge is -2.38. The van der Waals surface area contributed by atoms with Crippen molar-refractivity contribution in [1.82, 2.24) is 30.7 Å². The SMILES string of the molecule is CCCN1CC[C@H](NC(=O)c2cc(-c3ccc(F)cc3F)on2)[C@@H](C(=O)NC2(c3ncccn3)CC2)C1. The number of benzene rings is 1. The standard InChI is InChI=1S/C26H28F2N6O3/c1-2-11-34-12-6-20(18(15-34)23(35)32-26(7-8-26)25-29-9-3-10-30-25)31-24(36)21-14-22(37-33-21)17-5-4-16(27)13-19(17)28/h3-5,9-10,13-14,18,20H,2,6-8,11-12,15H2,1H3,(H,31,36)(H,32,35)/t18-,20-/m0/s1. The van der Waals surface area contributed by atoms with Crippen LogP contribution in [0.4, 0.5) is 8.78 Å². The lowest BCUT2D eigenvalue weighted by atomic mass is 9.90. The molecule has 1 saturated carbocycles. The summed E-state index contributed by atoms with van der Waals surface area (Å²) in [4.78, 5) is 37.4. The molecule has 2 aliphatic rings. The highest BCUT2D eigenvalue weighted by molar-refractivity contribution is 5.94. The van der Waals surface area contributed by atoms with Crippen LogP contribution in [0.15, 0.2) is 47.2 Å². The molecule has 1 aliphatic heterocycles. The minimum Gasteiger partial charge on any atom is -0.355 e. The van der Waals surface area contributed by atoms with Gasteiger partial charge in [-0.2, -0.15) is 0 Å². The summed E-state index contributed by atoms with van der Waals surface area (Å²) in [6.45, 7) is 4.18. The van der Waals surface area contributed by atoms with Crippen molar-refractivity contribution < 1.29 is 22.9 Å². The third kappa shape index (κ3) is 5.36. The molecule has 194 valence electrons. The first-order chi connectivity index (χ1) is 17.9. The maximum atomic E-state index is 14.1. The van der Waals surface area contributed by atoms with E-state index in [9.17, 15) is 18.4 Å². The summed E-state index contributed by atoms with van der Waals surface area (Å²) in [5.74, 6) is -2.13. The number of aromatic nitrogens is 3. The van der Waals surface area contributed by atoms with Gasteiger partial charge in [0.05, 0.1) is 17.0 Å². The van der Waals surface area contributed by atoms with Crippen LogP contribution in [0.25, 0.3) is 11.3 Å². The van der Waals surface area contributed by atoms with Gasteiger partial charge in [-0.3, -0.25) is 9.59 Å². The predicted octanol–water partition coefficient (Wildman–Crippen LogP) is 3.05. The van der Waals surface area contributed by atoms with E-state index in [1.807, 2.05) is 0 Å². The maximum absolute atomic E-state index is 14.1. The number of carbonyl (C=O) groups excluding carboxylic acids is 2. The van der Waals surface area contributed by atoms with Gasteiger partial charge in [-0.15, -0.1) is 0 Å². The number of piperidine rings is 1. The van der Waals surface area contributed by atoms with E-state index in [4.69, 9.17) is 4.52 Å². The van der Waals surface area contributed by atoms with E-state index in [0.717, 1.165) is 44.5 Å². The Balaban J connectivity index is 1.31. The van der Waals surface area contributed by atoms with Crippen LogP contribution >= 0.6 is 0 Å². The van der Waals surface area contributed by atoms with E-state index >= 15 is 0 Å². The Hall–Kier alpha value is -3.73. The van der Waals surface area contributed by atoms with Gasteiger partial charge < -0.3 is 20.1 Å². The van der Waals surface area contributed by atoms with E-state index in [1.54, 1.807) is 18.5 Å². The van der Waals surface area contributed by atoms with Crippen LogP contribution in [0.5, 0.6) is 0 Å². The molecule has 2 amide bonds. The first-order valence-electron chi connectivity index (χ1n) is 12.4. The maximum Gasteiger partial charge on any atom is 0.273 e. The van der Waals surface area contributed by atoms with Gasteiger partial charge in [-0.25, -0.2) is 18.7 Å². The number of carbonyl (C=O) groups is 2. The van der Waals surface area contributed by atoms with E-state index in [1.165, 1.54) is 12.1 Å². The Morgan fingerprint density at radius 2 is 1.97 bits per heavy atom. The summed E-state index contributed by atoms with van der Waals surface area (Å²) in [6.07, 6.45) is 6.36. The molecule has 9 nitrogen and oxygen atoms in total. The van der Waals surface area contributed by atoms with Gasteiger partial charge >= 0.3 is 0 Å². The Morgan fingerprint density at radius 1 is 1.19 bits per heavy atom. The van der Waals surface area contributed by atoms with Crippen molar-refractivity contribution >= 4 is 11.8 Å². The molecular formula is C26H28F2N6O3. The van der Waals surface area contributed by atoms with E-state index in [0.29, 0.717) is 18.8 Å². The molecule has 0 radical (unpaired) electrons. The molecule has 1 saturated heterocycles. The lowest BCUT2D eigenvalue weighted by molar-refractivity contribution is -0.128. The van der Waals surface area contributed by atoms with Crippen LogP contribution in [0, 0.1) is 17.6 Å². The average Bonchev–Trinajstić information content (AvgIpc) is 3.50. The zero-order valence-electron chi connectivity index (χ0n) is 20.4.